The number of hydrogen-bond donors (Lipinski definition) is 0. The first-order valence-electron chi connectivity index (χ1n) is 21.4. The number of rotatable bonds is 16. The Labute approximate surface area is 366 Å². The van der Waals surface area contributed by atoms with Gasteiger partial charge in [0.15, 0.2) is 0 Å². The third kappa shape index (κ3) is 14.5. The minimum absolute atomic E-state index is 0.255. The molecule has 0 aliphatic carbocycles. The van der Waals surface area contributed by atoms with Crippen molar-refractivity contribution in [1.29, 1.82) is 0 Å². The van der Waals surface area contributed by atoms with Crippen molar-refractivity contribution in [1.82, 2.24) is 9.97 Å². The second-order valence-corrected chi connectivity index (χ2v) is 14.1. The smallest absolute Gasteiger partial charge is 0.338 e. The number of carbonyl (C=O) groups is 2. The van der Waals surface area contributed by atoms with Crippen LogP contribution in [0.1, 0.15) is 144 Å². The van der Waals surface area contributed by atoms with Gasteiger partial charge in [-0.1, -0.05) is 99.7 Å². The molecule has 0 unspecified atom stereocenters. The molecule has 0 amide bonds. The molecule has 0 spiro atoms. The Kier molecular flexibility index (Phi) is 18.8. The van der Waals surface area contributed by atoms with Crippen LogP contribution in [-0.2, 0) is 9.47 Å². The summed E-state index contributed by atoms with van der Waals surface area (Å²) in [4.78, 5) is 33.8. The number of pyridine rings is 2. The van der Waals surface area contributed by atoms with Gasteiger partial charge in [0.1, 0.15) is 11.5 Å². The van der Waals surface area contributed by atoms with Crippen LogP contribution in [0.4, 0.5) is 0 Å². The van der Waals surface area contributed by atoms with Crippen molar-refractivity contribution in [2.75, 3.05) is 26.4 Å². The van der Waals surface area contributed by atoms with Crippen LogP contribution in [0.5, 0.6) is 11.5 Å². The predicted octanol–water partition coefficient (Wildman–Crippen LogP) is 10.3. The van der Waals surface area contributed by atoms with Gasteiger partial charge in [0, 0.05) is 70.3 Å². The molecule has 0 atom stereocenters. The Morgan fingerprint density at radius 2 is 0.887 bits per heavy atom. The van der Waals surface area contributed by atoms with E-state index in [1.807, 2.05) is 36.4 Å². The van der Waals surface area contributed by atoms with Crippen LogP contribution in [-0.4, -0.2) is 48.3 Å². The number of hydrogen-bond acceptors (Lipinski definition) is 8. The molecule has 5 aromatic rings. The number of ether oxygens (including phenoxy) is 4. The van der Waals surface area contributed by atoms with Crippen LogP contribution in [0.2, 0.25) is 0 Å². The van der Waals surface area contributed by atoms with Crippen molar-refractivity contribution in [2.24, 2.45) is 0 Å². The fourth-order valence-corrected chi connectivity index (χ4v) is 6.03. The molecule has 0 aliphatic heterocycles. The third-order valence-electron chi connectivity index (χ3n) is 9.32. The fraction of sp³-hybridized carbons (Fsp3) is 0.296. The average Bonchev–Trinajstić information content (AvgIpc) is 3.30. The highest BCUT2D eigenvalue weighted by Gasteiger charge is 2.14. The summed E-state index contributed by atoms with van der Waals surface area (Å²) in [5, 5.41) is 0. The van der Waals surface area contributed by atoms with Gasteiger partial charge in [0.2, 0.25) is 0 Å². The summed E-state index contributed by atoms with van der Waals surface area (Å²) >= 11 is 0. The van der Waals surface area contributed by atoms with Crippen LogP contribution >= 0.6 is 0 Å². The highest BCUT2D eigenvalue weighted by molar-refractivity contribution is 5.91. The Balaban J connectivity index is 1.62. The van der Waals surface area contributed by atoms with Gasteiger partial charge in [0.25, 0.3) is 0 Å². The molecule has 0 aliphatic rings. The number of nitrogens with zero attached hydrogens (tertiary/aromatic N) is 2. The maximum absolute atomic E-state index is 12.7. The van der Waals surface area contributed by atoms with E-state index >= 15 is 0 Å². The Morgan fingerprint density at radius 3 is 1.27 bits per heavy atom. The van der Waals surface area contributed by atoms with Gasteiger partial charge >= 0.3 is 11.9 Å². The molecular formula is C54H52N2O6. The van der Waals surface area contributed by atoms with Crippen molar-refractivity contribution >= 4 is 11.9 Å². The number of aromatic nitrogens is 2. The SMILES string of the molecule is CCCCCCOc1cc(C#Cc2ccc(C(=O)OCC)cc2C#Cc2cccnc2)c(OCCCCCC)cc1C#Cc1ccc(C(=O)OCC)cc1C#Cc1cccnc1. The van der Waals surface area contributed by atoms with Crippen LogP contribution in [0.15, 0.2) is 97.6 Å². The molecule has 0 saturated heterocycles. The van der Waals surface area contributed by atoms with E-state index in [0.29, 0.717) is 69.2 Å². The molecule has 5 rings (SSSR count). The Bertz CT molecular complexity index is 2360. The monoisotopic (exact) mass is 824 g/mol. The van der Waals surface area contributed by atoms with E-state index in [0.717, 1.165) is 62.5 Å². The van der Waals surface area contributed by atoms with E-state index in [-0.39, 0.29) is 13.2 Å². The fourth-order valence-electron chi connectivity index (χ4n) is 6.03. The molecule has 0 fully saturated rings. The van der Waals surface area contributed by atoms with Crippen molar-refractivity contribution in [3.8, 4) is 58.9 Å². The molecule has 2 aromatic heterocycles. The van der Waals surface area contributed by atoms with Crippen LogP contribution in [0, 0.1) is 47.4 Å². The molecular weight excluding hydrogens is 773 g/mol. The lowest BCUT2D eigenvalue weighted by atomic mass is 10.0. The van der Waals surface area contributed by atoms with Gasteiger partial charge in [0.05, 0.1) is 48.7 Å². The number of esters is 2. The van der Waals surface area contributed by atoms with E-state index in [1.54, 1.807) is 75.0 Å². The van der Waals surface area contributed by atoms with Gasteiger partial charge in [-0.05, 0) is 87.4 Å². The van der Waals surface area contributed by atoms with Crippen LogP contribution in [0.25, 0.3) is 0 Å². The molecule has 8 nitrogen and oxygen atoms in total. The van der Waals surface area contributed by atoms with Crippen LogP contribution in [0.3, 0.4) is 0 Å². The first-order valence-corrected chi connectivity index (χ1v) is 21.4. The number of unbranched alkanes of at least 4 members (excludes halogenated alkanes) is 6. The first kappa shape index (κ1) is 45.8. The van der Waals surface area contributed by atoms with Gasteiger partial charge in [-0.3, -0.25) is 9.97 Å². The minimum Gasteiger partial charge on any atom is -0.492 e. The summed E-state index contributed by atoms with van der Waals surface area (Å²) in [6, 6.07) is 21.5. The third-order valence-corrected chi connectivity index (χ3v) is 9.32. The molecule has 8 heteroatoms. The summed E-state index contributed by atoms with van der Waals surface area (Å²) in [5.41, 5.74) is 5.86. The van der Waals surface area contributed by atoms with Crippen molar-refractivity contribution in [3.05, 3.63) is 153 Å². The number of carbonyl (C=O) groups excluding carboxylic acids is 2. The lowest BCUT2D eigenvalue weighted by Gasteiger charge is -2.14. The molecule has 3 aromatic carbocycles. The summed E-state index contributed by atoms with van der Waals surface area (Å²) in [7, 11) is 0. The highest BCUT2D eigenvalue weighted by atomic mass is 16.5. The molecule has 62 heavy (non-hydrogen) atoms. The second kappa shape index (κ2) is 25.4. The summed E-state index contributed by atoms with van der Waals surface area (Å²) in [6.07, 6.45) is 15.0. The maximum atomic E-state index is 12.7. The molecule has 2 heterocycles. The standard InChI is InChI=1S/C54H52N2O6/c1-5-9-11-13-33-61-51-37-48(28-24-44-26-30-50(54(58)60-8-4)36-46(44)22-20-42-18-16-32-56-40-42)52(62-34-14-12-10-6-2)38-47(51)27-23-43-25-29-49(53(57)59-7-3)35-45(43)21-19-41-17-15-31-55-39-41/h15-18,25-26,29-32,35-40H,5-14,33-34H2,1-4H3. The summed E-state index contributed by atoms with van der Waals surface area (Å²) in [5.74, 6) is 26.3. The van der Waals surface area contributed by atoms with E-state index in [4.69, 9.17) is 18.9 Å². The lowest BCUT2D eigenvalue weighted by Crippen LogP contribution is -2.05. The van der Waals surface area contributed by atoms with Crippen LogP contribution < -0.4 is 9.47 Å². The van der Waals surface area contributed by atoms with E-state index in [9.17, 15) is 9.59 Å². The zero-order valence-corrected chi connectivity index (χ0v) is 36.1. The van der Waals surface area contributed by atoms with E-state index in [2.05, 4.69) is 71.2 Å². The highest BCUT2D eigenvalue weighted by Crippen LogP contribution is 2.30. The summed E-state index contributed by atoms with van der Waals surface area (Å²) in [6.45, 7) is 9.40. The zero-order valence-electron chi connectivity index (χ0n) is 36.1. The second-order valence-electron chi connectivity index (χ2n) is 14.1. The van der Waals surface area contributed by atoms with E-state index < -0.39 is 11.9 Å². The quantitative estimate of drug-likeness (QED) is 0.0551. The Hall–Kier alpha value is -7.26. The first-order chi connectivity index (χ1) is 30.4. The molecule has 0 radical (unpaired) electrons. The topological polar surface area (TPSA) is 96.8 Å². The minimum atomic E-state index is -0.435. The molecule has 0 saturated carbocycles. The lowest BCUT2D eigenvalue weighted by molar-refractivity contribution is 0.0516. The molecule has 314 valence electrons. The molecule has 0 N–H and O–H groups in total. The van der Waals surface area contributed by atoms with Gasteiger partial charge in [-0.2, -0.15) is 0 Å². The van der Waals surface area contributed by atoms with Gasteiger partial charge in [-0.15, -0.1) is 0 Å². The van der Waals surface area contributed by atoms with E-state index in [1.165, 1.54) is 0 Å². The molecule has 0 bridgehead atoms. The number of benzene rings is 3. The zero-order chi connectivity index (χ0) is 43.8. The largest absolute Gasteiger partial charge is 0.492 e. The van der Waals surface area contributed by atoms with Crippen molar-refractivity contribution in [3.63, 3.8) is 0 Å². The normalized spacial score (nSPS) is 10.0. The average molecular weight is 825 g/mol. The van der Waals surface area contributed by atoms with Crippen molar-refractivity contribution in [2.45, 2.75) is 79.1 Å². The maximum Gasteiger partial charge on any atom is 0.338 e. The predicted molar refractivity (Wildman–Crippen MR) is 243 cm³/mol. The van der Waals surface area contributed by atoms with Gasteiger partial charge in [-0.25, -0.2) is 9.59 Å². The Morgan fingerprint density at radius 1 is 0.468 bits per heavy atom. The van der Waals surface area contributed by atoms with Crippen molar-refractivity contribution < 1.29 is 28.5 Å². The van der Waals surface area contributed by atoms with Gasteiger partial charge < -0.3 is 18.9 Å². The summed E-state index contributed by atoms with van der Waals surface area (Å²) < 4.78 is 23.5.